The van der Waals surface area contributed by atoms with E-state index in [0.29, 0.717) is 86.9 Å². The first-order valence-corrected chi connectivity index (χ1v) is 25.7. The molecule has 426 valence electrons. The highest BCUT2D eigenvalue weighted by Gasteiger charge is 2.33. The van der Waals surface area contributed by atoms with E-state index in [-0.39, 0.29) is 37.2 Å². The summed E-state index contributed by atoms with van der Waals surface area (Å²) in [5.74, 6) is 1.01. The van der Waals surface area contributed by atoms with Crippen molar-refractivity contribution < 1.29 is 57.3 Å². The molecular weight excluding hydrogens is 1050 g/mol. The molecule has 22 heteroatoms. The van der Waals surface area contributed by atoms with Crippen molar-refractivity contribution in [3.05, 3.63) is 167 Å². The Bertz CT molecular complexity index is 3420. The SMILES string of the molecule is CCNC(=O)CNC(=O)C(C)(C)Oc1ccccc1Oc1ccc(Nc2c(OC)c(N(C)C(=O)OCc3ccccc3)cc3ncc(C#N)cc23)cc1.CCNC(=O)CNC(=O)C(C)(C)Oc1ccccc1Oc1ccc([N+](=O)[O-])cc1. The number of nitro benzene ring substituents is 1. The number of para-hydroxylation sites is 4. The number of ether oxygens (including phenoxy) is 6. The lowest BCUT2D eigenvalue weighted by molar-refractivity contribution is -0.384. The number of benzene rings is 6. The molecule has 0 fully saturated rings. The highest BCUT2D eigenvalue weighted by Crippen LogP contribution is 2.44. The van der Waals surface area contributed by atoms with Crippen molar-refractivity contribution in [2.75, 3.05) is 50.6 Å². The number of hydrogen-bond acceptors (Lipinski definition) is 16. The van der Waals surface area contributed by atoms with Crippen LogP contribution in [0.3, 0.4) is 0 Å². The number of aromatic nitrogens is 1. The van der Waals surface area contributed by atoms with Crippen LogP contribution in [0.15, 0.2) is 146 Å². The third-order valence-corrected chi connectivity index (χ3v) is 11.8. The fourth-order valence-corrected chi connectivity index (χ4v) is 7.58. The Balaban J connectivity index is 0.000000315. The van der Waals surface area contributed by atoms with Crippen molar-refractivity contribution in [3.8, 4) is 46.3 Å². The van der Waals surface area contributed by atoms with Gasteiger partial charge in [-0.05, 0) is 120 Å². The second-order valence-corrected chi connectivity index (χ2v) is 18.8. The predicted molar refractivity (Wildman–Crippen MR) is 307 cm³/mol. The molecule has 0 aliphatic rings. The van der Waals surface area contributed by atoms with Gasteiger partial charge in [-0.15, -0.1) is 0 Å². The summed E-state index contributed by atoms with van der Waals surface area (Å²) in [6.07, 6.45) is 0.865. The van der Waals surface area contributed by atoms with Crippen LogP contribution in [0.25, 0.3) is 10.9 Å². The molecule has 0 aliphatic carbocycles. The molecule has 0 radical (unpaired) electrons. The molecule has 6 aromatic carbocycles. The number of pyridine rings is 1. The molecule has 0 spiro atoms. The number of nitrogens with one attached hydrogen (secondary N) is 5. The van der Waals surface area contributed by atoms with Gasteiger partial charge in [0, 0.05) is 49.5 Å². The van der Waals surface area contributed by atoms with Gasteiger partial charge in [0.05, 0.1) is 47.6 Å². The second kappa shape index (κ2) is 28.4. The standard InChI is InChI=1S/C40H40N6O7.C20H23N3O6/c1-6-42-35(47)24-44-38(48)40(2,3)53-34-15-11-10-14-33(34)52-29-18-16-28(17-19-29)45-36-30-20-27(22-41)23-43-31(30)21-32(37(36)50-5)46(4)39(49)51-25-26-12-8-7-9-13-26;1-4-21-18(24)13-22-19(25)20(2,3)29-17-8-6-5-7-16(17)28-15-11-9-14(10-12-15)23(26)27/h7-21,23,45H,6,24-25H2,1-5H3,(H,42,47)(H,44,48);5-12H,4,13H2,1-3H3,(H,21,24)(H,22,25). The maximum Gasteiger partial charge on any atom is 0.414 e. The monoisotopic (exact) mass is 1120 g/mol. The summed E-state index contributed by atoms with van der Waals surface area (Å²) in [4.78, 5) is 77.9. The quantitative estimate of drug-likeness (QED) is 0.0294. The highest BCUT2D eigenvalue weighted by molar-refractivity contribution is 6.04. The van der Waals surface area contributed by atoms with Crippen molar-refractivity contribution >= 4 is 63.4 Å². The predicted octanol–water partition coefficient (Wildman–Crippen LogP) is 9.63. The van der Waals surface area contributed by atoms with Crippen LogP contribution in [0.4, 0.5) is 27.5 Å². The van der Waals surface area contributed by atoms with Crippen LogP contribution in [0.1, 0.15) is 52.7 Å². The minimum absolute atomic E-state index is 0.0493. The first-order valence-electron chi connectivity index (χ1n) is 25.7. The molecule has 5 amide bonds. The molecule has 7 aromatic rings. The Kier molecular flexibility index (Phi) is 21.1. The number of rotatable bonds is 23. The largest absolute Gasteiger partial charge is 0.492 e. The number of carbonyl (C=O) groups is 5. The number of likely N-dealkylation sites (N-methyl/N-ethyl adjacent to an activating group) is 2. The lowest BCUT2D eigenvalue weighted by Gasteiger charge is -2.26. The van der Waals surface area contributed by atoms with Crippen molar-refractivity contribution in [2.45, 2.75) is 59.4 Å². The van der Waals surface area contributed by atoms with E-state index in [1.165, 1.54) is 42.5 Å². The van der Waals surface area contributed by atoms with Crippen LogP contribution in [0.5, 0.6) is 40.2 Å². The lowest BCUT2D eigenvalue weighted by atomic mass is 10.1. The summed E-state index contributed by atoms with van der Waals surface area (Å²) in [6.45, 7) is 10.6. The molecule has 1 heterocycles. The van der Waals surface area contributed by atoms with E-state index < -0.39 is 34.0 Å². The first kappa shape index (κ1) is 60.8. The number of methoxy groups -OCH3 is 1. The Morgan fingerprint density at radius 2 is 1.16 bits per heavy atom. The summed E-state index contributed by atoms with van der Waals surface area (Å²) in [5, 5.41) is 34.7. The molecule has 22 nitrogen and oxygen atoms in total. The highest BCUT2D eigenvalue weighted by atomic mass is 16.6. The molecule has 0 unspecified atom stereocenters. The third kappa shape index (κ3) is 16.8. The van der Waals surface area contributed by atoms with Gasteiger partial charge in [0.1, 0.15) is 24.2 Å². The lowest BCUT2D eigenvalue weighted by Crippen LogP contribution is -2.49. The van der Waals surface area contributed by atoms with Crippen LogP contribution in [0, 0.1) is 21.4 Å². The number of anilines is 3. The summed E-state index contributed by atoms with van der Waals surface area (Å²) in [7, 11) is 3.07. The Labute approximate surface area is 473 Å². The van der Waals surface area contributed by atoms with Crippen LogP contribution >= 0.6 is 0 Å². The smallest absolute Gasteiger partial charge is 0.414 e. The zero-order valence-corrected chi connectivity index (χ0v) is 46.5. The maximum atomic E-state index is 13.2. The molecule has 1 aromatic heterocycles. The molecule has 0 atom stereocenters. The van der Waals surface area contributed by atoms with E-state index in [1.807, 2.05) is 30.3 Å². The maximum absolute atomic E-state index is 13.2. The van der Waals surface area contributed by atoms with Gasteiger partial charge < -0.3 is 55.0 Å². The van der Waals surface area contributed by atoms with Crippen LogP contribution < -0.4 is 55.2 Å². The zero-order chi connectivity index (χ0) is 59.4. The third-order valence-electron chi connectivity index (χ3n) is 11.8. The van der Waals surface area contributed by atoms with Gasteiger partial charge in [0.2, 0.25) is 11.8 Å². The first-order chi connectivity index (χ1) is 39.2. The van der Waals surface area contributed by atoms with Crippen molar-refractivity contribution in [1.29, 1.82) is 5.26 Å². The Morgan fingerprint density at radius 1 is 0.671 bits per heavy atom. The summed E-state index contributed by atoms with van der Waals surface area (Å²) in [5.41, 5.74) is 0.581. The molecule has 0 saturated heterocycles. The average Bonchev–Trinajstić information content (AvgIpc) is 2.93. The number of nitriles is 1. The van der Waals surface area contributed by atoms with Crippen molar-refractivity contribution in [2.24, 2.45) is 0 Å². The normalized spacial score (nSPS) is 10.8. The van der Waals surface area contributed by atoms with Crippen LogP contribution in [-0.4, -0.2) is 91.2 Å². The van der Waals surface area contributed by atoms with E-state index >= 15 is 0 Å². The second-order valence-electron chi connectivity index (χ2n) is 18.8. The number of hydrogen-bond donors (Lipinski definition) is 5. The van der Waals surface area contributed by atoms with Gasteiger partial charge in [-0.3, -0.25) is 39.2 Å². The number of non-ortho nitro benzene ring substituents is 1. The number of carbonyl (C=O) groups excluding carboxylic acids is 5. The minimum Gasteiger partial charge on any atom is -0.492 e. The van der Waals surface area contributed by atoms with Crippen molar-refractivity contribution in [3.63, 3.8) is 0 Å². The van der Waals surface area contributed by atoms with Gasteiger partial charge >= 0.3 is 6.09 Å². The molecule has 0 saturated carbocycles. The molecule has 0 aliphatic heterocycles. The summed E-state index contributed by atoms with van der Waals surface area (Å²) >= 11 is 0. The Morgan fingerprint density at radius 3 is 1.63 bits per heavy atom. The van der Waals surface area contributed by atoms with Gasteiger partial charge in [-0.1, -0.05) is 54.6 Å². The van der Waals surface area contributed by atoms with Crippen LogP contribution in [0.2, 0.25) is 0 Å². The average molecular weight is 1120 g/mol. The van der Waals surface area contributed by atoms with E-state index in [1.54, 1.807) is 134 Å². The number of fused-ring (bicyclic) bond motifs is 1. The fourth-order valence-electron chi connectivity index (χ4n) is 7.58. The van der Waals surface area contributed by atoms with E-state index in [0.717, 1.165) is 5.56 Å². The molecule has 7 rings (SSSR count). The van der Waals surface area contributed by atoms with E-state index in [2.05, 4.69) is 37.6 Å². The topological polar surface area (TPSA) is 284 Å². The van der Waals surface area contributed by atoms with Gasteiger partial charge in [0.15, 0.2) is 39.9 Å². The van der Waals surface area contributed by atoms with E-state index in [4.69, 9.17) is 28.4 Å². The zero-order valence-electron chi connectivity index (χ0n) is 46.5. The summed E-state index contributed by atoms with van der Waals surface area (Å²) < 4.78 is 35.3. The van der Waals surface area contributed by atoms with E-state index in [9.17, 15) is 39.3 Å². The fraction of sp³-hybridized carbons (Fsp3) is 0.250. The molecule has 0 bridgehead atoms. The molecule has 82 heavy (non-hydrogen) atoms. The van der Waals surface area contributed by atoms with Gasteiger partial charge in [0.25, 0.3) is 17.5 Å². The van der Waals surface area contributed by atoms with Crippen LogP contribution in [-0.2, 0) is 30.5 Å². The molecule has 5 N–H and O–H groups in total. The van der Waals surface area contributed by atoms with Gasteiger partial charge in [-0.2, -0.15) is 5.26 Å². The van der Waals surface area contributed by atoms with Crippen molar-refractivity contribution in [1.82, 2.24) is 26.3 Å². The minimum atomic E-state index is -1.32. The number of amides is 5. The summed E-state index contributed by atoms with van der Waals surface area (Å²) in [6, 6.07) is 41.2. The Hall–Kier alpha value is -10.4. The number of nitro groups is 1. The number of nitrogens with zero attached hydrogens (tertiary/aromatic N) is 4. The van der Waals surface area contributed by atoms with Gasteiger partial charge in [-0.25, -0.2) is 4.79 Å². The molecular formula is C60H63N9O13.